The minimum Gasteiger partial charge on any atom is -0.487 e. The van der Waals surface area contributed by atoms with E-state index in [1.54, 1.807) is 6.92 Å². The van der Waals surface area contributed by atoms with Crippen LogP contribution in [0.15, 0.2) is 65.6 Å². The number of alkyl halides is 3. The Balaban J connectivity index is 1.73. The average molecular weight is 536 g/mol. The molecule has 186 valence electrons. The molecule has 12 heteroatoms. The number of benzene rings is 3. The number of amides is 1. The molecule has 1 amide bonds. The van der Waals surface area contributed by atoms with Gasteiger partial charge in [-0.3, -0.25) is 9.10 Å². The van der Waals surface area contributed by atoms with E-state index in [4.69, 9.17) is 22.9 Å². The Hall–Kier alpha value is -3.75. The van der Waals surface area contributed by atoms with E-state index in [9.17, 15) is 26.4 Å². The third-order valence-electron chi connectivity index (χ3n) is 5.32. The van der Waals surface area contributed by atoms with Crippen molar-refractivity contribution in [2.24, 2.45) is 0 Å². The number of carbonyl (C=O) groups is 1. The molecule has 0 aliphatic carbocycles. The van der Waals surface area contributed by atoms with Crippen LogP contribution in [0, 0.1) is 6.57 Å². The molecule has 1 aliphatic rings. The Morgan fingerprint density at radius 1 is 1.17 bits per heavy atom. The summed E-state index contributed by atoms with van der Waals surface area (Å²) in [4.78, 5) is 16.0. The van der Waals surface area contributed by atoms with Gasteiger partial charge in [-0.1, -0.05) is 29.8 Å². The fourth-order valence-electron chi connectivity index (χ4n) is 3.73. The molecule has 0 unspecified atom stereocenters. The van der Waals surface area contributed by atoms with Gasteiger partial charge in [-0.05, 0) is 49.4 Å². The molecule has 0 radical (unpaired) electrons. The number of fused-ring (bicyclic) bond motifs is 1. The number of anilines is 2. The largest absolute Gasteiger partial charge is 0.487 e. The summed E-state index contributed by atoms with van der Waals surface area (Å²) in [6.07, 6.45) is -5.34. The van der Waals surface area contributed by atoms with Crippen LogP contribution in [0.3, 0.4) is 0 Å². The van der Waals surface area contributed by atoms with Crippen LogP contribution in [0.25, 0.3) is 4.85 Å². The second kappa shape index (κ2) is 9.37. The van der Waals surface area contributed by atoms with E-state index in [1.807, 2.05) is 0 Å². The second-order valence-corrected chi connectivity index (χ2v) is 10.1. The maximum absolute atomic E-state index is 13.5. The van der Waals surface area contributed by atoms with E-state index in [-0.39, 0.29) is 39.3 Å². The summed E-state index contributed by atoms with van der Waals surface area (Å²) in [5.41, 5.74) is -1.71. The van der Waals surface area contributed by atoms with E-state index in [1.165, 1.54) is 48.5 Å². The summed E-state index contributed by atoms with van der Waals surface area (Å²) in [6.45, 7) is 8.75. The van der Waals surface area contributed by atoms with Gasteiger partial charge in [0, 0.05) is 5.69 Å². The van der Waals surface area contributed by atoms with Crippen LogP contribution in [0.4, 0.5) is 30.2 Å². The summed E-state index contributed by atoms with van der Waals surface area (Å²) >= 11 is 5.91. The highest BCUT2D eigenvalue weighted by Gasteiger charge is 2.37. The van der Waals surface area contributed by atoms with Gasteiger partial charge in [0.15, 0.2) is 5.69 Å². The van der Waals surface area contributed by atoms with Gasteiger partial charge in [0.2, 0.25) is 0 Å². The van der Waals surface area contributed by atoms with Crippen molar-refractivity contribution in [3.63, 3.8) is 0 Å². The summed E-state index contributed by atoms with van der Waals surface area (Å²) in [6, 6.07) is 12.6. The maximum atomic E-state index is 13.5. The molecule has 0 spiro atoms. The molecule has 1 heterocycles. The molecule has 7 nitrogen and oxygen atoms in total. The molecule has 0 saturated heterocycles. The van der Waals surface area contributed by atoms with Gasteiger partial charge in [-0.2, -0.15) is 13.2 Å². The van der Waals surface area contributed by atoms with Crippen LogP contribution in [0.1, 0.15) is 22.8 Å². The summed E-state index contributed by atoms with van der Waals surface area (Å²) in [7, 11) is -4.14. The predicted molar refractivity (Wildman–Crippen MR) is 128 cm³/mol. The van der Waals surface area contributed by atoms with Crippen LogP contribution in [0.5, 0.6) is 5.75 Å². The number of halogens is 4. The zero-order valence-electron chi connectivity index (χ0n) is 18.5. The lowest BCUT2D eigenvalue weighted by Crippen LogP contribution is -2.42. The number of rotatable bonds is 4. The van der Waals surface area contributed by atoms with E-state index in [2.05, 4.69) is 10.2 Å². The predicted octanol–water partition coefficient (Wildman–Crippen LogP) is 6.14. The van der Waals surface area contributed by atoms with Crippen molar-refractivity contribution in [3.05, 3.63) is 88.2 Å². The van der Waals surface area contributed by atoms with Crippen LogP contribution in [0.2, 0.25) is 5.02 Å². The van der Waals surface area contributed by atoms with Crippen molar-refractivity contribution < 1.29 is 31.1 Å². The SMILES string of the molecule is [C-]#[N+]c1cccc(S(=O)(=O)N2C[C@H](C)Oc3ccc(NC(=O)c4c(Cl)cccc4C(F)(F)F)cc32)c1. The quantitative estimate of drug-likeness (QED) is 0.407. The Morgan fingerprint density at radius 2 is 1.89 bits per heavy atom. The highest BCUT2D eigenvalue weighted by molar-refractivity contribution is 7.92. The third kappa shape index (κ3) is 4.82. The minimum atomic E-state index is -4.82. The third-order valence-corrected chi connectivity index (χ3v) is 7.41. The molecule has 1 N–H and O–H groups in total. The van der Waals surface area contributed by atoms with E-state index in [0.29, 0.717) is 0 Å². The first kappa shape index (κ1) is 25.3. The second-order valence-electron chi connectivity index (χ2n) is 7.87. The van der Waals surface area contributed by atoms with Gasteiger partial charge in [0.1, 0.15) is 11.9 Å². The van der Waals surface area contributed by atoms with Gasteiger partial charge >= 0.3 is 6.18 Å². The highest BCUT2D eigenvalue weighted by atomic mass is 35.5. The molecule has 36 heavy (non-hydrogen) atoms. The normalized spacial score (nSPS) is 15.4. The summed E-state index contributed by atoms with van der Waals surface area (Å²) in [5.74, 6) is -0.914. The number of hydrogen-bond donors (Lipinski definition) is 1. The van der Waals surface area contributed by atoms with E-state index < -0.39 is 39.3 Å². The Bertz CT molecular complexity index is 1500. The first-order chi connectivity index (χ1) is 16.9. The molecule has 0 saturated carbocycles. The van der Waals surface area contributed by atoms with Crippen LogP contribution >= 0.6 is 11.6 Å². The van der Waals surface area contributed by atoms with Crippen molar-refractivity contribution in [1.29, 1.82) is 0 Å². The van der Waals surface area contributed by atoms with E-state index in [0.717, 1.165) is 16.4 Å². The standard InChI is InChI=1S/C24H17ClF3N3O4S/c1-14-13-31(36(33,34)17-6-3-5-15(11-17)29-2)20-12-16(9-10-21(20)35-14)30-23(32)22-18(24(26,27)28)7-4-8-19(22)25/h3-12,14H,13H2,1H3,(H,30,32)/t14-/m0/s1. The van der Waals surface area contributed by atoms with Crippen molar-refractivity contribution in [2.45, 2.75) is 24.1 Å². The Labute approximate surface area is 209 Å². The number of ether oxygens (including phenoxy) is 1. The van der Waals surface area contributed by atoms with Crippen molar-refractivity contribution in [3.8, 4) is 5.75 Å². The fourth-order valence-corrected chi connectivity index (χ4v) is 5.57. The number of sulfonamides is 1. The van der Waals surface area contributed by atoms with E-state index >= 15 is 0 Å². The van der Waals surface area contributed by atoms with Gasteiger partial charge in [0.25, 0.3) is 15.9 Å². The first-order valence-electron chi connectivity index (χ1n) is 10.4. The lowest BCUT2D eigenvalue weighted by molar-refractivity contribution is -0.137. The topological polar surface area (TPSA) is 80.1 Å². The fraction of sp³-hybridized carbons (Fsp3) is 0.167. The molecule has 0 aromatic heterocycles. The van der Waals surface area contributed by atoms with Crippen molar-refractivity contribution in [1.82, 2.24) is 0 Å². The van der Waals surface area contributed by atoms with Crippen LogP contribution in [-0.2, 0) is 16.2 Å². The molecule has 3 aromatic carbocycles. The van der Waals surface area contributed by atoms with Gasteiger partial charge in [-0.15, -0.1) is 0 Å². The molecule has 1 aliphatic heterocycles. The van der Waals surface area contributed by atoms with Crippen LogP contribution < -0.4 is 14.4 Å². The number of carbonyl (C=O) groups excluding carboxylic acids is 1. The molecule has 3 aromatic rings. The van der Waals surface area contributed by atoms with Gasteiger partial charge in [0.05, 0.1) is 39.8 Å². The van der Waals surface area contributed by atoms with Crippen molar-refractivity contribution >= 4 is 44.6 Å². The zero-order valence-corrected chi connectivity index (χ0v) is 20.1. The van der Waals surface area contributed by atoms with Gasteiger partial charge in [-0.25, -0.2) is 13.3 Å². The molecule has 1 atom stereocenters. The maximum Gasteiger partial charge on any atom is 0.417 e. The lowest BCUT2D eigenvalue weighted by Gasteiger charge is -2.34. The molecule has 4 rings (SSSR count). The van der Waals surface area contributed by atoms with Crippen molar-refractivity contribution in [2.75, 3.05) is 16.2 Å². The minimum absolute atomic E-state index is 0.0278. The van der Waals surface area contributed by atoms with Crippen LogP contribution in [-0.4, -0.2) is 27.0 Å². The molecule has 0 bridgehead atoms. The monoisotopic (exact) mass is 535 g/mol. The molecule has 0 fully saturated rings. The highest BCUT2D eigenvalue weighted by Crippen LogP contribution is 2.40. The van der Waals surface area contributed by atoms with Gasteiger partial charge < -0.3 is 10.1 Å². The molecular weight excluding hydrogens is 519 g/mol. The number of nitrogens with zero attached hydrogens (tertiary/aromatic N) is 2. The average Bonchev–Trinajstić information content (AvgIpc) is 2.83. The number of hydrogen-bond acceptors (Lipinski definition) is 4. The first-order valence-corrected chi connectivity index (χ1v) is 12.2. The Kier molecular flexibility index (Phi) is 6.60. The zero-order chi connectivity index (χ0) is 26.3. The molecular formula is C24H17ClF3N3O4S. The number of nitrogens with one attached hydrogen (secondary N) is 1. The Morgan fingerprint density at radius 3 is 2.58 bits per heavy atom. The smallest absolute Gasteiger partial charge is 0.417 e. The summed E-state index contributed by atoms with van der Waals surface area (Å²) < 4.78 is 74.0. The summed E-state index contributed by atoms with van der Waals surface area (Å²) in [5, 5.41) is 1.98. The lowest BCUT2D eigenvalue weighted by atomic mass is 10.1.